The summed E-state index contributed by atoms with van der Waals surface area (Å²) in [4.78, 5) is 15.1. The Kier molecular flexibility index (Phi) is 13.0. The third kappa shape index (κ3) is 9.89. The second-order valence-electron chi connectivity index (χ2n) is 8.63. The summed E-state index contributed by atoms with van der Waals surface area (Å²) in [5.74, 6) is -0.449. The molecule has 1 aromatic carbocycles. The van der Waals surface area contributed by atoms with E-state index < -0.39 is 34.7 Å². The second kappa shape index (κ2) is 15.4. The molecule has 1 atom stereocenters. The maximum Gasteiger partial charge on any atom is 0.418 e. The van der Waals surface area contributed by atoms with E-state index in [1.165, 1.54) is 50.0 Å². The number of nitrogens with zero attached hydrogens (tertiary/aromatic N) is 2. The molecule has 2 rings (SSSR count). The number of hydrogen-bond acceptors (Lipinski definition) is 5. The number of rotatable bonds is 9. The maximum absolute atomic E-state index is 13.4. The lowest BCUT2D eigenvalue weighted by Crippen LogP contribution is -2.19. The zero-order valence-corrected chi connectivity index (χ0v) is 22.7. The van der Waals surface area contributed by atoms with Crippen molar-refractivity contribution in [2.24, 2.45) is 4.99 Å². The fourth-order valence-electron chi connectivity index (χ4n) is 3.77. The molecular formula is C30H35F3N2O3. The van der Waals surface area contributed by atoms with E-state index in [1.54, 1.807) is 6.92 Å². The zero-order valence-electron chi connectivity index (χ0n) is 22.7. The lowest BCUT2D eigenvalue weighted by Gasteiger charge is -2.13. The van der Waals surface area contributed by atoms with Gasteiger partial charge in [0.1, 0.15) is 11.5 Å². The average Bonchev–Trinajstić information content (AvgIpc) is 3.40. The molecule has 38 heavy (non-hydrogen) atoms. The van der Waals surface area contributed by atoms with E-state index in [2.05, 4.69) is 31.0 Å². The van der Waals surface area contributed by atoms with Crippen molar-refractivity contribution >= 4 is 17.1 Å². The predicted octanol–water partition coefficient (Wildman–Crippen LogP) is 8.86. The molecule has 0 radical (unpaired) electrons. The molecule has 1 unspecified atom stereocenters. The van der Waals surface area contributed by atoms with Gasteiger partial charge in [0.25, 0.3) is 0 Å². The first-order valence-electron chi connectivity index (χ1n) is 12.3. The summed E-state index contributed by atoms with van der Waals surface area (Å²) in [5, 5.41) is 18.2. The van der Waals surface area contributed by atoms with E-state index in [0.29, 0.717) is 17.1 Å². The van der Waals surface area contributed by atoms with Gasteiger partial charge in [0.05, 0.1) is 35.4 Å². The fourth-order valence-corrected chi connectivity index (χ4v) is 3.77. The van der Waals surface area contributed by atoms with Crippen LogP contribution in [-0.2, 0) is 4.79 Å². The lowest BCUT2D eigenvalue weighted by atomic mass is 9.91. The number of aliphatic hydroxyl groups excluding tert-OH is 1. The molecule has 0 aliphatic heterocycles. The van der Waals surface area contributed by atoms with Crippen LogP contribution in [-0.4, -0.2) is 22.8 Å². The number of allylic oxidation sites excluding steroid dienone is 6. The highest BCUT2D eigenvalue weighted by molar-refractivity contribution is 6.05. The number of benzene rings is 1. The lowest BCUT2D eigenvalue weighted by molar-refractivity contribution is -0.113. The summed E-state index contributed by atoms with van der Waals surface area (Å²) in [6.45, 7) is 9.45. The number of halogens is 3. The monoisotopic (exact) mass is 528 g/mol. The van der Waals surface area contributed by atoms with Gasteiger partial charge >= 0.3 is 6.18 Å². The van der Waals surface area contributed by atoms with Crippen molar-refractivity contribution in [1.29, 1.82) is 5.26 Å². The Labute approximate surface area is 222 Å². The molecule has 2 aromatic rings. The Morgan fingerprint density at radius 3 is 2.34 bits per heavy atom. The van der Waals surface area contributed by atoms with Crippen LogP contribution in [0.15, 0.2) is 81.4 Å². The highest BCUT2D eigenvalue weighted by Crippen LogP contribution is 2.31. The Balaban J connectivity index is 0.000000437. The highest BCUT2D eigenvalue weighted by Gasteiger charge is 2.36. The van der Waals surface area contributed by atoms with Crippen molar-refractivity contribution in [1.82, 2.24) is 0 Å². The number of furan rings is 1. The minimum atomic E-state index is -4.68. The van der Waals surface area contributed by atoms with Gasteiger partial charge in [-0.1, -0.05) is 38.5 Å². The second-order valence-corrected chi connectivity index (χ2v) is 8.63. The van der Waals surface area contributed by atoms with Gasteiger partial charge in [-0.15, -0.1) is 0 Å². The minimum absolute atomic E-state index is 0.291. The quantitative estimate of drug-likeness (QED) is 0.152. The molecule has 1 N–H and O–H groups in total. The number of ketones is 1. The van der Waals surface area contributed by atoms with Crippen molar-refractivity contribution in [3.63, 3.8) is 0 Å². The predicted molar refractivity (Wildman–Crippen MR) is 145 cm³/mol. The van der Waals surface area contributed by atoms with E-state index >= 15 is 0 Å². The standard InChI is InChI=1S/C17H18F3NO3.C13H17N/c1-5-13(14-6-7-24-9-14)8-15(17(18,19)20)10(2)21-16(11(3)22)12(4)23;1-3-6-12(4-2)13-8-5-7-11(9-13)10-14/h5-9,22H,1-4H3;5,7-9,12H,3-4,6H2,1-2H3/b13-5+,15-8+,16-11+,21-10+;. The number of hydrogen-bond donors (Lipinski definition) is 1. The largest absolute Gasteiger partial charge is 0.510 e. The van der Waals surface area contributed by atoms with Crippen LogP contribution in [0.4, 0.5) is 13.2 Å². The number of carbonyl (C=O) groups excluding carboxylic acids is 1. The van der Waals surface area contributed by atoms with Crippen LogP contribution < -0.4 is 0 Å². The highest BCUT2D eigenvalue weighted by atomic mass is 19.4. The van der Waals surface area contributed by atoms with E-state index in [1.807, 2.05) is 18.2 Å². The van der Waals surface area contributed by atoms with E-state index in [-0.39, 0.29) is 0 Å². The minimum Gasteiger partial charge on any atom is -0.510 e. The Morgan fingerprint density at radius 1 is 1.21 bits per heavy atom. The van der Waals surface area contributed by atoms with Crippen molar-refractivity contribution in [3.8, 4) is 6.07 Å². The van der Waals surface area contributed by atoms with Crippen LogP contribution in [0.5, 0.6) is 0 Å². The van der Waals surface area contributed by atoms with Gasteiger partial charge in [-0.25, -0.2) is 4.99 Å². The molecule has 204 valence electrons. The smallest absolute Gasteiger partial charge is 0.418 e. The normalized spacial score (nSPS) is 14.2. The number of nitriles is 1. The van der Waals surface area contributed by atoms with E-state index in [4.69, 9.17) is 9.68 Å². The third-order valence-electron chi connectivity index (χ3n) is 5.73. The van der Waals surface area contributed by atoms with Gasteiger partial charge in [0.15, 0.2) is 5.78 Å². The molecule has 0 saturated heterocycles. The molecule has 0 saturated carbocycles. The van der Waals surface area contributed by atoms with Gasteiger partial charge in [-0.05, 0) is 74.9 Å². The summed E-state index contributed by atoms with van der Waals surface area (Å²) in [6, 6.07) is 11.7. The van der Waals surface area contributed by atoms with Gasteiger partial charge in [-0.3, -0.25) is 4.79 Å². The number of aliphatic imine (C=N–C) groups is 1. The van der Waals surface area contributed by atoms with Crippen LogP contribution in [0.1, 0.15) is 83.4 Å². The maximum atomic E-state index is 13.4. The van der Waals surface area contributed by atoms with Crippen molar-refractivity contribution < 1.29 is 27.5 Å². The molecule has 5 nitrogen and oxygen atoms in total. The van der Waals surface area contributed by atoms with Gasteiger partial charge in [0, 0.05) is 12.5 Å². The average molecular weight is 529 g/mol. The first-order valence-corrected chi connectivity index (χ1v) is 12.3. The Morgan fingerprint density at radius 2 is 1.89 bits per heavy atom. The van der Waals surface area contributed by atoms with Crippen LogP contribution in [0.25, 0.3) is 5.57 Å². The van der Waals surface area contributed by atoms with Crippen LogP contribution in [0.2, 0.25) is 0 Å². The number of alkyl halides is 3. The Bertz CT molecular complexity index is 1220. The van der Waals surface area contributed by atoms with Crippen molar-refractivity contribution in [2.75, 3.05) is 0 Å². The summed E-state index contributed by atoms with van der Waals surface area (Å²) in [5.41, 5.74) is 1.01. The van der Waals surface area contributed by atoms with Crippen LogP contribution >= 0.6 is 0 Å². The number of Topliss-reactive ketones (excluding diaryl/α,β-unsaturated/α-hetero) is 1. The molecule has 0 amide bonds. The topological polar surface area (TPSA) is 86.6 Å². The van der Waals surface area contributed by atoms with Crippen molar-refractivity contribution in [3.05, 3.63) is 88.7 Å². The van der Waals surface area contributed by atoms with Gasteiger partial charge in [-0.2, -0.15) is 18.4 Å². The molecule has 0 fully saturated rings. The summed E-state index contributed by atoms with van der Waals surface area (Å²) >= 11 is 0. The first-order chi connectivity index (χ1) is 17.9. The molecule has 1 aromatic heterocycles. The van der Waals surface area contributed by atoms with Crippen LogP contribution in [0.3, 0.4) is 0 Å². The third-order valence-corrected chi connectivity index (χ3v) is 5.73. The van der Waals surface area contributed by atoms with Crippen molar-refractivity contribution in [2.45, 2.75) is 72.9 Å². The number of aliphatic hydroxyl groups is 1. The van der Waals surface area contributed by atoms with E-state index in [0.717, 1.165) is 31.9 Å². The molecule has 1 heterocycles. The first kappa shape index (κ1) is 32.2. The van der Waals surface area contributed by atoms with Gasteiger partial charge < -0.3 is 9.52 Å². The summed E-state index contributed by atoms with van der Waals surface area (Å²) < 4.78 is 45.1. The molecule has 0 spiro atoms. The fraction of sp³-hybridized carbons (Fsp3) is 0.367. The summed E-state index contributed by atoms with van der Waals surface area (Å²) in [6.07, 6.45) is 3.99. The van der Waals surface area contributed by atoms with E-state index in [9.17, 15) is 23.1 Å². The van der Waals surface area contributed by atoms with Gasteiger partial charge in [0.2, 0.25) is 0 Å². The molecule has 0 aliphatic rings. The Hall–Kier alpha value is -3.86. The molecule has 0 aliphatic carbocycles. The number of carbonyl (C=O) groups is 1. The van der Waals surface area contributed by atoms with Crippen LogP contribution in [0, 0.1) is 11.3 Å². The molecular weight excluding hydrogens is 493 g/mol. The zero-order chi connectivity index (χ0) is 28.9. The SMILES string of the molecule is CCCC(CC)c1cccc(C#N)c1.C\C=C(/C=C(\C(C)=N\C(C(C)=O)=C(/C)O)C(F)(F)F)c1ccoc1. The molecule has 8 heteroatoms. The molecule has 0 bridgehead atoms. The summed E-state index contributed by atoms with van der Waals surface area (Å²) in [7, 11) is 0.